The van der Waals surface area contributed by atoms with Crippen LogP contribution in [0.3, 0.4) is 0 Å². The van der Waals surface area contributed by atoms with Crippen LogP contribution in [0.5, 0.6) is 0 Å². The number of nitrogens with zero attached hydrogens (tertiary/aromatic N) is 2. The van der Waals surface area contributed by atoms with Crippen LogP contribution >= 0.6 is 0 Å². The van der Waals surface area contributed by atoms with E-state index in [2.05, 4.69) is 10.3 Å². The summed E-state index contributed by atoms with van der Waals surface area (Å²) in [4.78, 5) is 15.2. The fraction of sp³-hybridized carbons (Fsp3) is 0. The smallest absolute Gasteiger partial charge is 0.409 e. The van der Waals surface area contributed by atoms with Crippen molar-refractivity contribution in [3.63, 3.8) is 0 Å². The van der Waals surface area contributed by atoms with Crippen molar-refractivity contribution < 1.29 is 9.90 Å². The Kier molecular flexibility index (Phi) is 4.20. The lowest BCUT2D eigenvalue weighted by Crippen LogP contribution is -2.18. The zero-order chi connectivity index (χ0) is 16.1. The van der Waals surface area contributed by atoms with E-state index in [9.17, 15) is 4.79 Å². The van der Waals surface area contributed by atoms with Gasteiger partial charge in [-0.1, -0.05) is 24.3 Å². The van der Waals surface area contributed by atoms with Crippen molar-refractivity contribution in [3.05, 3.63) is 89.6 Å². The third-order valence-corrected chi connectivity index (χ3v) is 3.20. The molecule has 0 fully saturated rings. The summed E-state index contributed by atoms with van der Waals surface area (Å²) in [6.45, 7) is 0. The molecule has 0 aromatic carbocycles. The van der Waals surface area contributed by atoms with Crippen molar-refractivity contribution in [2.24, 2.45) is 4.99 Å². The number of rotatable bonds is 1. The summed E-state index contributed by atoms with van der Waals surface area (Å²) >= 11 is 0. The second-order valence-corrected chi connectivity index (χ2v) is 4.89. The SMILES string of the molecule is O=C(O)NC1=CC=CC=C2C=C2N=Cc2cccn2C=CC=C1. The standard InChI is InChI=1S/C18H15N3O2/c22-18(23)20-15-7-2-1-6-14-12-17(14)19-13-16-9-5-11-21(16)10-4-3-8-15/h1-13,20H,(H,22,23). The zero-order valence-corrected chi connectivity index (χ0v) is 12.3. The minimum absolute atomic E-state index is 0.486. The van der Waals surface area contributed by atoms with Crippen LogP contribution in [-0.4, -0.2) is 22.0 Å². The summed E-state index contributed by atoms with van der Waals surface area (Å²) in [6, 6.07) is 3.91. The number of fused-ring (bicyclic) bond motifs is 2. The first-order valence-electron chi connectivity index (χ1n) is 7.09. The third-order valence-electron chi connectivity index (χ3n) is 3.20. The van der Waals surface area contributed by atoms with Gasteiger partial charge in [-0.05, 0) is 36.4 Å². The largest absolute Gasteiger partial charge is 0.465 e. The molecule has 1 aliphatic heterocycles. The molecule has 0 saturated heterocycles. The molecule has 3 rings (SSSR count). The predicted octanol–water partition coefficient (Wildman–Crippen LogP) is 3.48. The summed E-state index contributed by atoms with van der Waals surface area (Å²) in [5.41, 5.74) is 3.47. The molecule has 23 heavy (non-hydrogen) atoms. The van der Waals surface area contributed by atoms with E-state index < -0.39 is 6.09 Å². The normalized spacial score (nSPS) is 16.3. The maximum absolute atomic E-state index is 10.8. The van der Waals surface area contributed by atoms with Gasteiger partial charge in [0, 0.05) is 23.7 Å². The van der Waals surface area contributed by atoms with Crippen LogP contribution < -0.4 is 5.32 Å². The maximum Gasteiger partial charge on any atom is 0.409 e. The molecule has 0 bridgehead atoms. The number of aliphatic imine (C=N–C) groups is 1. The monoisotopic (exact) mass is 305 g/mol. The van der Waals surface area contributed by atoms with Crippen molar-refractivity contribution in [2.75, 3.05) is 0 Å². The zero-order valence-electron chi connectivity index (χ0n) is 12.3. The Hall–Kier alpha value is -3.34. The maximum atomic E-state index is 10.8. The van der Waals surface area contributed by atoms with Crippen LogP contribution in [0.25, 0.3) is 6.20 Å². The molecule has 0 unspecified atom stereocenters. The van der Waals surface area contributed by atoms with Crippen molar-refractivity contribution in [2.45, 2.75) is 0 Å². The number of amides is 1. The molecular formula is C18H15N3O2. The Morgan fingerprint density at radius 2 is 2.04 bits per heavy atom. The lowest BCUT2D eigenvalue weighted by molar-refractivity contribution is 0.198. The molecule has 5 heteroatoms. The fourth-order valence-electron chi connectivity index (χ4n) is 2.03. The number of hydrogen-bond acceptors (Lipinski definition) is 2. The van der Waals surface area contributed by atoms with Gasteiger partial charge >= 0.3 is 6.09 Å². The molecule has 2 aliphatic rings. The molecule has 1 aliphatic carbocycles. The summed E-state index contributed by atoms with van der Waals surface area (Å²) in [7, 11) is 0. The summed E-state index contributed by atoms with van der Waals surface area (Å²) in [6.07, 6.45) is 19.1. The fourth-order valence-corrected chi connectivity index (χ4v) is 2.03. The number of carbonyl (C=O) groups is 1. The lowest BCUT2D eigenvalue weighted by Gasteiger charge is -1.99. The third kappa shape index (κ3) is 4.07. The second kappa shape index (κ2) is 6.62. The molecule has 2 heterocycles. The van der Waals surface area contributed by atoms with Gasteiger partial charge in [0.25, 0.3) is 0 Å². The molecule has 1 aromatic heterocycles. The van der Waals surface area contributed by atoms with E-state index in [0.29, 0.717) is 5.70 Å². The topological polar surface area (TPSA) is 66.6 Å². The molecule has 0 radical (unpaired) electrons. The van der Waals surface area contributed by atoms with E-state index in [4.69, 9.17) is 5.11 Å². The van der Waals surface area contributed by atoms with Crippen molar-refractivity contribution in [3.8, 4) is 0 Å². The minimum Gasteiger partial charge on any atom is -0.465 e. The number of hydrogen-bond donors (Lipinski definition) is 2. The molecular weight excluding hydrogens is 290 g/mol. The molecule has 2 N–H and O–H groups in total. The molecule has 1 aromatic rings. The summed E-state index contributed by atoms with van der Waals surface area (Å²) in [5, 5.41) is 11.2. The van der Waals surface area contributed by atoms with Gasteiger partial charge in [0.15, 0.2) is 0 Å². The van der Waals surface area contributed by atoms with E-state index in [1.165, 1.54) is 0 Å². The Morgan fingerprint density at radius 3 is 2.91 bits per heavy atom. The Labute approximate surface area is 133 Å². The number of nitrogens with one attached hydrogen (secondary N) is 1. The van der Waals surface area contributed by atoms with Gasteiger partial charge in [-0.15, -0.1) is 0 Å². The molecule has 5 nitrogen and oxygen atoms in total. The van der Waals surface area contributed by atoms with Crippen LogP contribution in [0.2, 0.25) is 0 Å². The van der Waals surface area contributed by atoms with Crippen LogP contribution in [-0.2, 0) is 0 Å². The van der Waals surface area contributed by atoms with Gasteiger partial charge in [-0.2, -0.15) is 0 Å². The molecule has 114 valence electrons. The van der Waals surface area contributed by atoms with Gasteiger partial charge in [-0.3, -0.25) is 10.3 Å². The van der Waals surface area contributed by atoms with Gasteiger partial charge in [-0.25, -0.2) is 4.79 Å². The van der Waals surface area contributed by atoms with Crippen molar-refractivity contribution in [1.29, 1.82) is 0 Å². The van der Waals surface area contributed by atoms with Gasteiger partial charge < -0.3 is 9.67 Å². The highest BCUT2D eigenvalue weighted by molar-refractivity contribution is 5.81. The minimum atomic E-state index is -1.10. The van der Waals surface area contributed by atoms with Crippen LogP contribution in [0.15, 0.2) is 88.9 Å². The Morgan fingerprint density at radius 1 is 1.17 bits per heavy atom. The number of allylic oxidation sites excluding steroid dienone is 9. The first-order valence-corrected chi connectivity index (χ1v) is 7.09. The van der Waals surface area contributed by atoms with E-state index >= 15 is 0 Å². The van der Waals surface area contributed by atoms with Crippen LogP contribution in [0, 0.1) is 0 Å². The van der Waals surface area contributed by atoms with Crippen molar-refractivity contribution in [1.82, 2.24) is 9.88 Å². The highest BCUT2D eigenvalue weighted by Gasteiger charge is 2.13. The second-order valence-electron chi connectivity index (χ2n) is 4.89. The van der Waals surface area contributed by atoms with E-state index in [1.807, 2.05) is 59.6 Å². The van der Waals surface area contributed by atoms with Crippen LogP contribution in [0.1, 0.15) is 5.69 Å². The quantitative estimate of drug-likeness (QED) is 0.834. The highest BCUT2D eigenvalue weighted by Crippen LogP contribution is 2.28. The predicted molar refractivity (Wildman–Crippen MR) is 91.0 cm³/mol. The Bertz CT molecular complexity index is 830. The van der Waals surface area contributed by atoms with E-state index in [1.54, 1.807) is 24.3 Å². The number of aromatic nitrogens is 1. The summed E-state index contributed by atoms with van der Waals surface area (Å²) < 4.78 is 1.94. The average Bonchev–Trinajstić information content (AvgIpc) is 3.11. The van der Waals surface area contributed by atoms with Gasteiger partial charge in [0.1, 0.15) is 0 Å². The molecule has 0 saturated carbocycles. The lowest BCUT2D eigenvalue weighted by atomic mass is 10.3. The van der Waals surface area contributed by atoms with E-state index in [0.717, 1.165) is 17.0 Å². The Balaban J connectivity index is 1.90. The van der Waals surface area contributed by atoms with Crippen molar-refractivity contribution >= 4 is 18.5 Å². The summed E-state index contributed by atoms with van der Waals surface area (Å²) in [5.74, 6) is 0. The van der Waals surface area contributed by atoms with E-state index in [-0.39, 0.29) is 0 Å². The first-order chi connectivity index (χ1) is 11.2. The highest BCUT2D eigenvalue weighted by atomic mass is 16.4. The molecule has 0 spiro atoms. The van der Waals surface area contributed by atoms with Gasteiger partial charge in [0.2, 0.25) is 0 Å². The molecule has 1 amide bonds. The average molecular weight is 305 g/mol. The van der Waals surface area contributed by atoms with Crippen LogP contribution in [0.4, 0.5) is 4.79 Å². The molecule has 0 atom stereocenters. The number of carboxylic acid groups (broad SMARTS) is 1. The van der Waals surface area contributed by atoms with Gasteiger partial charge in [0.05, 0.1) is 17.6 Å². The first kappa shape index (κ1) is 14.6.